The van der Waals surface area contributed by atoms with Gasteiger partial charge in [0.25, 0.3) is 5.91 Å². The van der Waals surface area contributed by atoms with Gasteiger partial charge >= 0.3 is 5.97 Å². The number of likely N-dealkylation sites (N-methyl/N-ethyl adjacent to an activating group) is 1. The number of hydrogen-bond donors (Lipinski definition) is 1. The van der Waals surface area contributed by atoms with Crippen LogP contribution in [0.3, 0.4) is 0 Å². The second kappa shape index (κ2) is 7.05. The zero-order chi connectivity index (χ0) is 17.0. The van der Waals surface area contributed by atoms with Gasteiger partial charge in [-0.05, 0) is 25.0 Å². The van der Waals surface area contributed by atoms with Crippen molar-refractivity contribution in [3.8, 4) is 0 Å². The Kier molecular flexibility index (Phi) is 5.32. The number of hydrogen-bond acceptors (Lipinski definition) is 5. The predicted molar refractivity (Wildman–Crippen MR) is 78.3 cm³/mol. The summed E-state index contributed by atoms with van der Waals surface area (Å²) in [6.07, 6.45) is 0.716. The monoisotopic (exact) mass is 344 g/mol. The van der Waals surface area contributed by atoms with E-state index in [1.54, 1.807) is 0 Å². The predicted octanol–water partition coefficient (Wildman–Crippen LogP) is 0.268. The molecule has 0 unspecified atom stereocenters. The lowest BCUT2D eigenvalue weighted by atomic mass is 10.2. The van der Waals surface area contributed by atoms with Crippen LogP contribution in [-0.4, -0.2) is 50.8 Å². The Balaban J connectivity index is 2.19. The number of sulfonamides is 1. The molecule has 0 aliphatic carbocycles. The number of rotatable bonds is 5. The molecule has 1 aromatic carbocycles. The normalized spacial score (nSPS) is 18.6. The first-order valence-corrected chi connectivity index (χ1v) is 8.45. The third-order valence-corrected chi connectivity index (χ3v) is 5.46. The molecule has 126 valence electrons. The molecule has 1 N–H and O–H groups in total. The van der Waals surface area contributed by atoms with Gasteiger partial charge in [0.05, 0.1) is 0 Å². The number of amides is 1. The number of esters is 1. The first kappa shape index (κ1) is 17.4. The van der Waals surface area contributed by atoms with Crippen molar-refractivity contribution < 1.29 is 27.1 Å². The van der Waals surface area contributed by atoms with Crippen molar-refractivity contribution in [2.24, 2.45) is 0 Å². The minimum absolute atomic E-state index is 0.0937. The molecule has 0 bridgehead atoms. The van der Waals surface area contributed by atoms with Crippen LogP contribution in [0.5, 0.6) is 0 Å². The molecule has 1 saturated heterocycles. The second-order valence-corrected chi connectivity index (χ2v) is 6.84. The summed E-state index contributed by atoms with van der Waals surface area (Å²) in [7, 11) is -2.76. The largest absolute Gasteiger partial charge is 0.454 e. The lowest BCUT2D eigenvalue weighted by molar-refractivity contribution is -0.151. The van der Waals surface area contributed by atoms with Gasteiger partial charge in [0.2, 0.25) is 10.0 Å². The van der Waals surface area contributed by atoms with E-state index in [0.717, 1.165) is 16.4 Å². The highest BCUT2D eigenvalue weighted by Gasteiger charge is 2.41. The fraction of sp³-hybridized carbons (Fsp3) is 0.429. The van der Waals surface area contributed by atoms with Crippen molar-refractivity contribution in [3.05, 3.63) is 30.1 Å². The van der Waals surface area contributed by atoms with Crippen LogP contribution in [0.25, 0.3) is 0 Å². The minimum Gasteiger partial charge on any atom is -0.454 e. The lowest BCUT2D eigenvalue weighted by Gasteiger charge is -2.22. The standard InChI is InChI=1S/C14H17FN2O5S/c1-16-13(18)9-22-14(19)11-6-4-8-17(11)23(20,21)12-7-3-2-5-10(12)15/h2-3,5,7,11H,4,6,8-9H2,1H3,(H,16,18)/t11-/m0/s1. The smallest absolute Gasteiger partial charge is 0.324 e. The molecular weight excluding hydrogens is 327 g/mol. The number of halogens is 1. The van der Waals surface area contributed by atoms with E-state index in [0.29, 0.717) is 6.42 Å². The first-order chi connectivity index (χ1) is 10.9. The molecule has 2 rings (SSSR count). The molecule has 7 nitrogen and oxygen atoms in total. The summed E-state index contributed by atoms with van der Waals surface area (Å²) in [4.78, 5) is 22.7. The molecular formula is C14H17FN2O5S. The third kappa shape index (κ3) is 3.67. The number of carbonyl (C=O) groups excluding carboxylic acids is 2. The van der Waals surface area contributed by atoms with E-state index in [2.05, 4.69) is 5.32 Å². The van der Waals surface area contributed by atoms with Gasteiger partial charge in [0, 0.05) is 13.6 Å². The fourth-order valence-corrected chi connectivity index (χ4v) is 4.06. The van der Waals surface area contributed by atoms with Crippen LogP contribution in [0.4, 0.5) is 4.39 Å². The van der Waals surface area contributed by atoms with Gasteiger partial charge in [-0.2, -0.15) is 4.31 Å². The summed E-state index contributed by atoms with van der Waals surface area (Å²) in [5, 5.41) is 2.29. The van der Waals surface area contributed by atoms with E-state index in [-0.39, 0.29) is 13.0 Å². The highest BCUT2D eigenvalue weighted by Crippen LogP contribution is 2.28. The van der Waals surface area contributed by atoms with Crippen LogP contribution in [0.15, 0.2) is 29.2 Å². The SMILES string of the molecule is CNC(=O)COC(=O)[C@@H]1CCCN1S(=O)(=O)c1ccccc1F. The maximum Gasteiger partial charge on any atom is 0.324 e. The highest BCUT2D eigenvalue weighted by atomic mass is 32.2. The summed E-state index contributed by atoms with van der Waals surface area (Å²) < 4.78 is 44.7. The highest BCUT2D eigenvalue weighted by molar-refractivity contribution is 7.89. The molecule has 1 heterocycles. The van der Waals surface area contributed by atoms with E-state index in [4.69, 9.17) is 4.74 Å². The van der Waals surface area contributed by atoms with Crippen LogP contribution in [-0.2, 0) is 24.3 Å². The fourth-order valence-electron chi connectivity index (χ4n) is 2.35. The molecule has 1 amide bonds. The van der Waals surface area contributed by atoms with Gasteiger partial charge < -0.3 is 10.1 Å². The lowest BCUT2D eigenvalue weighted by Crippen LogP contribution is -2.42. The second-order valence-electron chi connectivity index (χ2n) is 4.99. The Labute approximate surface area is 133 Å². The summed E-state index contributed by atoms with van der Waals surface area (Å²) in [6, 6.07) is 3.93. The Morgan fingerprint density at radius 3 is 2.74 bits per heavy atom. The molecule has 0 radical (unpaired) electrons. The van der Waals surface area contributed by atoms with Gasteiger partial charge in [-0.15, -0.1) is 0 Å². The Morgan fingerprint density at radius 1 is 1.39 bits per heavy atom. The quantitative estimate of drug-likeness (QED) is 0.774. The van der Waals surface area contributed by atoms with Crippen molar-refractivity contribution in [3.63, 3.8) is 0 Å². The molecule has 9 heteroatoms. The van der Waals surface area contributed by atoms with Crippen LogP contribution in [0.1, 0.15) is 12.8 Å². The van der Waals surface area contributed by atoms with E-state index < -0.39 is 45.3 Å². The summed E-state index contributed by atoms with van der Waals surface area (Å²) >= 11 is 0. The van der Waals surface area contributed by atoms with Crippen LogP contribution in [0.2, 0.25) is 0 Å². The van der Waals surface area contributed by atoms with Crippen molar-refractivity contribution >= 4 is 21.9 Å². The number of benzene rings is 1. The van der Waals surface area contributed by atoms with Crippen molar-refractivity contribution in [2.45, 2.75) is 23.8 Å². The Morgan fingerprint density at radius 2 is 2.09 bits per heavy atom. The topological polar surface area (TPSA) is 92.8 Å². The number of carbonyl (C=O) groups is 2. The van der Waals surface area contributed by atoms with E-state index in [9.17, 15) is 22.4 Å². The van der Waals surface area contributed by atoms with Crippen molar-refractivity contribution in [2.75, 3.05) is 20.2 Å². The summed E-state index contributed by atoms with van der Waals surface area (Å²) in [5.41, 5.74) is 0. The molecule has 0 aromatic heterocycles. The molecule has 1 aliphatic heterocycles. The number of ether oxygens (including phenoxy) is 1. The van der Waals surface area contributed by atoms with E-state index in [1.165, 1.54) is 19.2 Å². The molecule has 1 aliphatic rings. The third-order valence-electron chi connectivity index (χ3n) is 3.52. The van der Waals surface area contributed by atoms with Gasteiger partial charge in [0.1, 0.15) is 16.8 Å². The number of nitrogens with one attached hydrogen (secondary N) is 1. The Hall–Kier alpha value is -2.00. The maximum atomic E-state index is 13.8. The number of nitrogens with zero attached hydrogens (tertiary/aromatic N) is 1. The van der Waals surface area contributed by atoms with Gasteiger partial charge in [-0.3, -0.25) is 9.59 Å². The first-order valence-electron chi connectivity index (χ1n) is 7.01. The zero-order valence-electron chi connectivity index (χ0n) is 12.5. The van der Waals surface area contributed by atoms with Gasteiger partial charge in [-0.1, -0.05) is 12.1 Å². The minimum atomic E-state index is -4.15. The summed E-state index contributed by atoms with van der Waals surface area (Å²) in [5.74, 6) is -2.19. The van der Waals surface area contributed by atoms with Crippen molar-refractivity contribution in [1.29, 1.82) is 0 Å². The van der Waals surface area contributed by atoms with Gasteiger partial charge in [0.15, 0.2) is 6.61 Å². The summed E-state index contributed by atoms with van der Waals surface area (Å²) in [6.45, 7) is -0.393. The van der Waals surface area contributed by atoms with Crippen molar-refractivity contribution in [1.82, 2.24) is 9.62 Å². The molecule has 0 saturated carbocycles. The molecule has 1 fully saturated rings. The zero-order valence-corrected chi connectivity index (χ0v) is 13.3. The molecule has 1 aromatic rings. The van der Waals surface area contributed by atoms with Gasteiger partial charge in [-0.25, -0.2) is 12.8 Å². The van der Waals surface area contributed by atoms with Crippen LogP contribution in [0, 0.1) is 5.82 Å². The van der Waals surface area contributed by atoms with Crippen LogP contribution >= 0.6 is 0 Å². The average molecular weight is 344 g/mol. The van der Waals surface area contributed by atoms with E-state index >= 15 is 0 Å². The molecule has 1 atom stereocenters. The Bertz CT molecular complexity index is 707. The van der Waals surface area contributed by atoms with Crippen LogP contribution < -0.4 is 5.32 Å². The molecule has 23 heavy (non-hydrogen) atoms. The molecule has 0 spiro atoms. The van der Waals surface area contributed by atoms with E-state index in [1.807, 2.05) is 0 Å². The maximum absolute atomic E-state index is 13.8. The average Bonchev–Trinajstić information content (AvgIpc) is 3.03.